The van der Waals surface area contributed by atoms with E-state index in [2.05, 4.69) is 41.3 Å². The minimum atomic E-state index is -0.476. The van der Waals surface area contributed by atoms with Gasteiger partial charge in [-0.1, -0.05) is 6.07 Å². The van der Waals surface area contributed by atoms with Crippen molar-refractivity contribution in [2.45, 2.75) is 75.3 Å². The molecular formula is C32H30BrFN8O4. The number of likely N-dealkylation sites (tertiary alicyclic amines) is 1. The van der Waals surface area contributed by atoms with E-state index in [0.717, 1.165) is 43.4 Å². The van der Waals surface area contributed by atoms with Gasteiger partial charge in [-0.15, -0.1) is 5.10 Å². The van der Waals surface area contributed by atoms with Gasteiger partial charge in [-0.3, -0.25) is 14.4 Å². The van der Waals surface area contributed by atoms with Crippen LogP contribution in [-0.4, -0.2) is 63.5 Å². The van der Waals surface area contributed by atoms with E-state index in [1.165, 1.54) is 16.9 Å². The van der Waals surface area contributed by atoms with Crippen LogP contribution in [0.1, 0.15) is 83.4 Å². The summed E-state index contributed by atoms with van der Waals surface area (Å²) in [6.07, 6.45) is 6.47. The Balaban J connectivity index is 1.08. The van der Waals surface area contributed by atoms with Crippen LogP contribution in [0.15, 0.2) is 34.1 Å². The first-order valence-electron chi connectivity index (χ1n) is 15.8. The molecule has 4 fully saturated rings. The van der Waals surface area contributed by atoms with Crippen molar-refractivity contribution in [3.63, 3.8) is 0 Å². The Morgan fingerprint density at radius 1 is 1.17 bits per heavy atom. The molecular weight excluding hydrogens is 659 g/mol. The van der Waals surface area contributed by atoms with Crippen molar-refractivity contribution >= 4 is 39.2 Å². The van der Waals surface area contributed by atoms with Crippen LogP contribution in [0.4, 0.5) is 10.1 Å². The van der Waals surface area contributed by atoms with Crippen molar-refractivity contribution in [2.75, 3.05) is 11.9 Å². The van der Waals surface area contributed by atoms with Gasteiger partial charge in [0.25, 0.3) is 11.5 Å². The predicted molar refractivity (Wildman–Crippen MR) is 165 cm³/mol. The molecule has 0 radical (unpaired) electrons. The molecule has 5 aliphatic rings. The Bertz CT molecular complexity index is 2080. The fraction of sp³-hybridized carbons (Fsp3) is 0.469. The highest BCUT2D eigenvalue weighted by Crippen LogP contribution is 2.72. The van der Waals surface area contributed by atoms with Crippen LogP contribution >= 0.6 is 15.9 Å². The van der Waals surface area contributed by atoms with Crippen LogP contribution in [0.25, 0.3) is 5.78 Å². The molecule has 1 spiro atoms. The number of carbonyl (C=O) groups is 2. The predicted octanol–water partition coefficient (Wildman–Crippen LogP) is 3.79. The number of carbonyl (C=O) groups excluding carboxylic acids is 2. The summed E-state index contributed by atoms with van der Waals surface area (Å²) < 4.78 is 18.2. The lowest BCUT2D eigenvalue weighted by Crippen LogP contribution is -2.64. The number of aryl methyl sites for hydroxylation is 1. The first kappa shape index (κ1) is 28.1. The second kappa shape index (κ2) is 9.66. The summed E-state index contributed by atoms with van der Waals surface area (Å²) in [4.78, 5) is 55.8. The zero-order chi connectivity index (χ0) is 31.6. The van der Waals surface area contributed by atoms with E-state index in [0.29, 0.717) is 30.1 Å². The Labute approximate surface area is 270 Å². The van der Waals surface area contributed by atoms with E-state index in [1.54, 1.807) is 22.5 Å². The van der Waals surface area contributed by atoms with Crippen LogP contribution in [0.2, 0.25) is 0 Å². The molecule has 1 aliphatic heterocycles. The lowest BCUT2D eigenvalue weighted by molar-refractivity contribution is -0.116. The SMILES string of the molecule is Cc1ncnc(C(=O)N2CC[C@]3(c4c(n(CC(=O)Nc5ccc(C6CC6)cc5F)c5nc(Br)nn5c4=O)[C@H]4C[C@H]43)[C@@H]3CC[C@@H]32)c1O. The number of rotatable bonds is 5. The number of anilines is 1. The average Bonchev–Trinajstić information content (AvgIpc) is 3.94. The van der Waals surface area contributed by atoms with Crippen LogP contribution in [-0.2, 0) is 16.8 Å². The van der Waals surface area contributed by atoms with Crippen molar-refractivity contribution in [3.8, 4) is 5.75 Å². The third-order valence-electron chi connectivity index (χ3n) is 11.2. The van der Waals surface area contributed by atoms with Gasteiger partial charge < -0.3 is 19.9 Å². The highest BCUT2D eigenvalue weighted by Gasteiger charge is 2.70. The quantitative estimate of drug-likeness (QED) is 0.322. The van der Waals surface area contributed by atoms with Gasteiger partial charge in [0.2, 0.25) is 16.4 Å². The van der Waals surface area contributed by atoms with E-state index in [4.69, 9.17) is 0 Å². The van der Waals surface area contributed by atoms with Crippen LogP contribution in [0.3, 0.4) is 0 Å². The largest absolute Gasteiger partial charge is 0.504 e. The minimum Gasteiger partial charge on any atom is -0.504 e. The van der Waals surface area contributed by atoms with Crippen LogP contribution in [0, 0.1) is 24.6 Å². The molecule has 5 atom stereocenters. The number of hydrogen-bond donors (Lipinski definition) is 2. The van der Waals surface area contributed by atoms with Crippen LogP contribution < -0.4 is 10.9 Å². The molecule has 2 N–H and O–H groups in total. The van der Waals surface area contributed by atoms with Gasteiger partial charge in [-0.05, 0) is 96.8 Å². The second-order valence-corrected chi connectivity index (χ2v) is 14.2. The molecule has 3 saturated carbocycles. The Morgan fingerprint density at radius 2 is 2.00 bits per heavy atom. The molecule has 4 heterocycles. The van der Waals surface area contributed by atoms with Gasteiger partial charge in [-0.2, -0.15) is 9.50 Å². The van der Waals surface area contributed by atoms with Gasteiger partial charge in [0.1, 0.15) is 18.7 Å². The maximum Gasteiger partial charge on any atom is 0.279 e. The third kappa shape index (κ3) is 3.85. The van der Waals surface area contributed by atoms with Crippen molar-refractivity contribution in [1.29, 1.82) is 0 Å². The minimum absolute atomic E-state index is 0.00798. The third-order valence-corrected chi connectivity index (χ3v) is 11.5. The summed E-state index contributed by atoms with van der Waals surface area (Å²) in [5, 5.41) is 17.6. The summed E-state index contributed by atoms with van der Waals surface area (Å²) in [5.74, 6) is -0.487. The Kier molecular flexibility index (Phi) is 5.89. The summed E-state index contributed by atoms with van der Waals surface area (Å²) in [6, 6.07) is 4.86. The normalized spacial score (nSPS) is 27.2. The number of amides is 2. The van der Waals surface area contributed by atoms with Gasteiger partial charge in [0.05, 0.1) is 11.4 Å². The van der Waals surface area contributed by atoms with Gasteiger partial charge >= 0.3 is 0 Å². The fourth-order valence-corrected chi connectivity index (χ4v) is 9.13. The second-order valence-electron chi connectivity index (χ2n) is 13.5. The van der Waals surface area contributed by atoms with Crippen molar-refractivity contribution in [2.24, 2.45) is 11.8 Å². The number of aromatic nitrogens is 6. The molecule has 14 heteroatoms. The zero-order valence-electron chi connectivity index (χ0n) is 24.9. The van der Waals surface area contributed by atoms with Crippen LogP contribution in [0.5, 0.6) is 5.75 Å². The molecule has 46 heavy (non-hydrogen) atoms. The molecule has 236 valence electrons. The van der Waals surface area contributed by atoms with Crippen molar-refractivity contribution < 1.29 is 19.1 Å². The highest BCUT2D eigenvalue weighted by molar-refractivity contribution is 9.10. The molecule has 12 nitrogen and oxygen atoms in total. The smallest absolute Gasteiger partial charge is 0.279 e. The molecule has 2 amide bonds. The standard InChI is InChI=1S/C32H30BrFN8O4/c1-14-27(44)25(36-13-35-14)29(46)40-9-8-32(18-5-7-22(18)40)19-11-17(19)26-24(32)28(45)42-31(38-30(33)39-42)41(26)12-23(43)37-21-6-4-16(10-20(21)34)15-2-3-15/h4,6,10,13,15,17-19,22,44H,2-3,5,7-9,11-12H2,1H3,(H,37,43)/t17-,18+,19+,22-,32-/m0/s1. The number of benzene rings is 1. The molecule has 4 aromatic rings. The summed E-state index contributed by atoms with van der Waals surface area (Å²) in [5.41, 5.74) is 2.13. The number of fused-ring (bicyclic) bond motifs is 8. The Morgan fingerprint density at radius 3 is 2.74 bits per heavy atom. The first-order valence-corrected chi connectivity index (χ1v) is 16.6. The van der Waals surface area contributed by atoms with Crippen molar-refractivity contribution in [3.05, 3.63) is 73.6 Å². The number of halogens is 2. The summed E-state index contributed by atoms with van der Waals surface area (Å²) in [6.45, 7) is 1.87. The maximum absolute atomic E-state index is 15.0. The molecule has 0 bridgehead atoms. The number of aromatic hydroxyl groups is 1. The summed E-state index contributed by atoms with van der Waals surface area (Å²) >= 11 is 3.32. The average molecular weight is 690 g/mol. The van der Waals surface area contributed by atoms with Gasteiger partial charge in [-0.25, -0.2) is 14.4 Å². The molecule has 0 unspecified atom stereocenters. The molecule has 1 saturated heterocycles. The lowest BCUT2D eigenvalue weighted by Gasteiger charge is -2.58. The molecule has 1 aromatic carbocycles. The summed E-state index contributed by atoms with van der Waals surface area (Å²) in [7, 11) is 0. The molecule has 4 aliphatic carbocycles. The fourth-order valence-electron chi connectivity index (χ4n) is 8.81. The van der Waals surface area contributed by atoms with E-state index in [9.17, 15) is 23.9 Å². The number of hydrogen-bond acceptors (Lipinski definition) is 8. The molecule has 9 rings (SSSR count). The first-order chi connectivity index (χ1) is 22.2. The van der Waals surface area contributed by atoms with Gasteiger partial charge in [0.15, 0.2) is 11.4 Å². The zero-order valence-corrected chi connectivity index (χ0v) is 26.5. The number of piperidine rings is 1. The van der Waals surface area contributed by atoms with E-state index >= 15 is 0 Å². The number of nitrogens with zero attached hydrogens (tertiary/aromatic N) is 7. The highest BCUT2D eigenvalue weighted by atomic mass is 79.9. The number of nitrogens with one attached hydrogen (secondary N) is 1. The maximum atomic E-state index is 15.0. The van der Waals surface area contributed by atoms with Gasteiger partial charge in [0, 0.05) is 35.2 Å². The van der Waals surface area contributed by atoms with E-state index < -0.39 is 17.1 Å². The monoisotopic (exact) mass is 688 g/mol. The Hall–Kier alpha value is -4.20. The lowest BCUT2D eigenvalue weighted by atomic mass is 9.54. The van der Waals surface area contributed by atoms with E-state index in [-0.39, 0.29) is 69.4 Å². The topological polar surface area (TPSA) is 148 Å². The van der Waals surface area contributed by atoms with Crippen molar-refractivity contribution in [1.82, 2.24) is 34.0 Å². The van der Waals surface area contributed by atoms with E-state index in [1.807, 2.05) is 6.07 Å². The molecule has 3 aromatic heterocycles.